The van der Waals surface area contributed by atoms with E-state index in [1.165, 1.54) is 12.1 Å². The van der Waals surface area contributed by atoms with Crippen LogP contribution in [0.25, 0.3) is 0 Å². The lowest BCUT2D eigenvalue weighted by Crippen LogP contribution is -2.27. The molecule has 1 aliphatic rings. The fourth-order valence-corrected chi connectivity index (χ4v) is 4.24. The van der Waals surface area contributed by atoms with Crippen LogP contribution in [0.1, 0.15) is 31.2 Å². The summed E-state index contributed by atoms with van der Waals surface area (Å²) in [6.45, 7) is 1.68. The Hall–Kier alpha value is -2.33. The Labute approximate surface area is 182 Å². The summed E-state index contributed by atoms with van der Waals surface area (Å²) in [7, 11) is -3.80. The lowest BCUT2D eigenvalue weighted by Gasteiger charge is -2.22. The van der Waals surface area contributed by atoms with E-state index in [0.717, 1.165) is 43.6 Å². The Morgan fingerprint density at radius 2 is 1.97 bits per heavy atom. The molecule has 7 nitrogen and oxygen atoms in total. The predicted molar refractivity (Wildman–Crippen MR) is 115 cm³/mol. The molecule has 9 heteroatoms. The van der Waals surface area contributed by atoms with Crippen molar-refractivity contribution in [2.75, 3.05) is 25.1 Å². The number of benzene rings is 2. The minimum Gasteiger partial charge on any atom is -0.376 e. The highest BCUT2D eigenvalue weighted by Gasteiger charge is 2.15. The number of halogens is 1. The van der Waals surface area contributed by atoms with Gasteiger partial charge in [-0.25, -0.2) is 17.5 Å². The number of ether oxygens (including phenoxy) is 2. The van der Waals surface area contributed by atoms with Crippen molar-refractivity contribution in [1.29, 1.82) is 0 Å². The lowest BCUT2D eigenvalue weighted by atomic mass is 10.1. The fourth-order valence-electron chi connectivity index (χ4n) is 3.21. The van der Waals surface area contributed by atoms with Crippen LogP contribution in [0.4, 0.5) is 10.1 Å². The summed E-state index contributed by atoms with van der Waals surface area (Å²) in [5, 5.41) is 2.75. The molecule has 31 heavy (non-hydrogen) atoms. The highest BCUT2D eigenvalue weighted by Crippen LogP contribution is 2.15. The molecule has 0 bridgehead atoms. The highest BCUT2D eigenvalue weighted by molar-refractivity contribution is 7.89. The highest BCUT2D eigenvalue weighted by atomic mass is 32.2. The number of hydrogen-bond donors (Lipinski definition) is 2. The smallest absolute Gasteiger partial charge is 0.240 e. The van der Waals surface area contributed by atoms with Gasteiger partial charge in [0.05, 0.1) is 24.2 Å². The van der Waals surface area contributed by atoms with E-state index in [0.29, 0.717) is 18.9 Å². The number of amides is 1. The van der Waals surface area contributed by atoms with Gasteiger partial charge in [0.25, 0.3) is 0 Å². The fraction of sp³-hybridized carbons (Fsp3) is 0.409. The maximum atomic E-state index is 12.9. The third-order valence-electron chi connectivity index (χ3n) is 4.83. The molecule has 1 aliphatic heterocycles. The second-order valence-corrected chi connectivity index (χ2v) is 9.12. The van der Waals surface area contributed by atoms with E-state index in [1.807, 2.05) is 18.2 Å². The van der Waals surface area contributed by atoms with Crippen molar-refractivity contribution in [3.8, 4) is 0 Å². The normalized spacial score (nSPS) is 16.7. The molecule has 0 radical (unpaired) electrons. The zero-order chi connectivity index (χ0) is 22.1. The van der Waals surface area contributed by atoms with Gasteiger partial charge in [0, 0.05) is 25.3 Å². The summed E-state index contributed by atoms with van der Waals surface area (Å²) in [5.74, 6) is -0.844. The number of carbonyl (C=O) groups is 1. The van der Waals surface area contributed by atoms with E-state index in [-0.39, 0.29) is 29.9 Å². The van der Waals surface area contributed by atoms with Crippen molar-refractivity contribution in [2.45, 2.75) is 43.3 Å². The van der Waals surface area contributed by atoms with E-state index in [2.05, 4.69) is 10.0 Å². The van der Waals surface area contributed by atoms with Crippen LogP contribution < -0.4 is 10.0 Å². The van der Waals surface area contributed by atoms with Gasteiger partial charge < -0.3 is 14.8 Å². The van der Waals surface area contributed by atoms with Gasteiger partial charge in [-0.15, -0.1) is 0 Å². The molecule has 0 aromatic heterocycles. The molecule has 2 N–H and O–H groups in total. The van der Waals surface area contributed by atoms with Gasteiger partial charge >= 0.3 is 0 Å². The molecular formula is C22H27FN2O5S. The molecule has 1 saturated heterocycles. The van der Waals surface area contributed by atoms with Crippen molar-refractivity contribution in [2.24, 2.45) is 0 Å². The van der Waals surface area contributed by atoms with E-state index >= 15 is 0 Å². The number of hydrogen-bond acceptors (Lipinski definition) is 5. The maximum Gasteiger partial charge on any atom is 0.240 e. The minimum absolute atomic E-state index is 0.0415. The van der Waals surface area contributed by atoms with Crippen LogP contribution >= 0.6 is 0 Å². The predicted octanol–water partition coefficient (Wildman–Crippen LogP) is 3.22. The summed E-state index contributed by atoms with van der Waals surface area (Å²) >= 11 is 0. The van der Waals surface area contributed by atoms with Crippen molar-refractivity contribution >= 4 is 21.6 Å². The zero-order valence-corrected chi connectivity index (χ0v) is 18.0. The van der Waals surface area contributed by atoms with Crippen LogP contribution in [0.2, 0.25) is 0 Å². The summed E-state index contributed by atoms with van der Waals surface area (Å²) in [5.41, 5.74) is 1.53. The van der Waals surface area contributed by atoms with Crippen LogP contribution in [0.5, 0.6) is 0 Å². The maximum absolute atomic E-state index is 12.9. The molecule has 3 rings (SSSR count). The second kappa shape index (κ2) is 11.3. The molecule has 1 atom stereocenters. The Balaban J connectivity index is 1.41. The Morgan fingerprint density at radius 1 is 1.16 bits per heavy atom. The van der Waals surface area contributed by atoms with Gasteiger partial charge in [-0.3, -0.25) is 4.79 Å². The summed E-state index contributed by atoms with van der Waals surface area (Å²) < 4.78 is 51.0. The SMILES string of the molecule is O=C(CCNS(=O)(=O)c1ccc(F)cc1)Nc1cccc(COCC2CCCCO2)c1. The number of nitrogens with one attached hydrogen (secondary N) is 2. The van der Waals surface area contributed by atoms with E-state index in [9.17, 15) is 17.6 Å². The molecule has 1 unspecified atom stereocenters. The summed E-state index contributed by atoms with van der Waals surface area (Å²) in [6, 6.07) is 11.8. The van der Waals surface area contributed by atoms with Crippen LogP contribution in [0, 0.1) is 5.82 Å². The van der Waals surface area contributed by atoms with E-state index in [4.69, 9.17) is 9.47 Å². The zero-order valence-electron chi connectivity index (χ0n) is 17.2. The first kappa shape index (κ1) is 23.3. The van der Waals surface area contributed by atoms with Gasteiger partial charge in [-0.05, 0) is 61.2 Å². The Morgan fingerprint density at radius 3 is 2.71 bits per heavy atom. The van der Waals surface area contributed by atoms with E-state index < -0.39 is 15.8 Å². The Bertz CT molecular complexity index is 960. The first-order chi connectivity index (χ1) is 14.9. The van der Waals surface area contributed by atoms with Crippen molar-refractivity contribution in [3.05, 3.63) is 59.9 Å². The minimum atomic E-state index is -3.80. The standard InChI is InChI=1S/C22H27FN2O5S/c23-18-7-9-21(10-8-18)31(27,28)24-12-11-22(26)25-19-5-3-4-17(14-19)15-29-16-20-6-1-2-13-30-20/h3-5,7-10,14,20,24H,1-2,6,11-13,15-16H2,(H,25,26). The first-order valence-electron chi connectivity index (χ1n) is 10.3. The Kier molecular flexibility index (Phi) is 8.53. The second-order valence-electron chi connectivity index (χ2n) is 7.35. The van der Waals surface area contributed by atoms with Gasteiger partial charge in [0.15, 0.2) is 0 Å². The van der Waals surface area contributed by atoms with Crippen LogP contribution in [-0.4, -0.2) is 40.2 Å². The van der Waals surface area contributed by atoms with Crippen molar-refractivity contribution in [1.82, 2.24) is 4.72 Å². The third kappa shape index (κ3) is 7.70. The number of anilines is 1. The summed E-state index contributed by atoms with van der Waals surface area (Å²) in [6.07, 6.45) is 3.39. The monoisotopic (exact) mass is 450 g/mol. The van der Waals surface area contributed by atoms with Gasteiger partial charge in [0.2, 0.25) is 15.9 Å². The van der Waals surface area contributed by atoms with Gasteiger partial charge in [-0.1, -0.05) is 12.1 Å². The number of carbonyl (C=O) groups excluding carboxylic acids is 1. The number of rotatable bonds is 10. The lowest BCUT2D eigenvalue weighted by molar-refractivity contribution is -0.116. The molecule has 1 fully saturated rings. The van der Waals surface area contributed by atoms with Crippen molar-refractivity contribution < 1.29 is 27.1 Å². The molecular weight excluding hydrogens is 423 g/mol. The average Bonchev–Trinajstić information content (AvgIpc) is 2.75. The first-order valence-corrected chi connectivity index (χ1v) is 11.7. The third-order valence-corrected chi connectivity index (χ3v) is 6.30. The quantitative estimate of drug-likeness (QED) is 0.580. The van der Waals surface area contributed by atoms with Crippen LogP contribution in [0.15, 0.2) is 53.4 Å². The van der Waals surface area contributed by atoms with Crippen LogP contribution in [0.3, 0.4) is 0 Å². The summed E-state index contributed by atoms with van der Waals surface area (Å²) in [4.78, 5) is 12.1. The molecule has 0 saturated carbocycles. The average molecular weight is 451 g/mol. The molecule has 1 amide bonds. The van der Waals surface area contributed by atoms with Crippen molar-refractivity contribution in [3.63, 3.8) is 0 Å². The topological polar surface area (TPSA) is 93.7 Å². The molecule has 2 aromatic carbocycles. The molecule has 168 valence electrons. The van der Waals surface area contributed by atoms with Crippen LogP contribution in [-0.2, 0) is 30.9 Å². The molecule has 0 aliphatic carbocycles. The molecule has 1 heterocycles. The molecule has 2 aromatic rings. The number of sulfonamides is 1. The largest absolute Gasteiger partial charge is 0.376 e. The molecule has 0 spiro atoms. The van der Waals surface area contributed by atoms with E-state index in [1.54, 1.807) is 6.07 Å². The van der Waals surface area contributed by atoms with Gasteiger partial charge in [-0.2, -0.15) is 0 Å². The van der Waals surface area contributed by atoms with Gasteiger partial charge in [0.1, 0.15) is 5.82 Å².